The molecule has 0 spiro atoms. The minimum absolute atomic E-state index is 0.116. The number of hydrogen-bond acceptors (Lipinski definition) is 4. The van der Waals surface area contributed by atoms with Gasteiger partial charge in [0.2, 0.25) is 5.91 Å². The second kappa shape index (κ2) is 5.52. The zero-order valence-electron chi connectivity index (χ0n) is 12.2. The molecule has 0 saturated heterocycles. The Bertz CT molecular complexity index is 631. The molecule has 0 radical (unpaired) electrons. The van der Waals surface area contributed by atoms with E-state index in [0.717, 1.165) is 18.4 Å². The molecule has 1 aromatic rings. The number of anilines is 1. The number of rotatable bonds is 3. The van der Waals surface area contributed by atoms with Gasteiger partial charge in [-0.1, -0.05) is 6.07 Å². The van der Waals surface area contributed by atoms with Gasteiger partial charge in [-0.2, -0.15) is 5.26 Å². The number of hydrogen-bond donors (Lipinski definition) is 1. The maximum atomic E-state index is 12.4. The van der Waals surface area contributed by atoms with Gasteiger partial charge in [0.15, 0.2) is 0 Å². The fraction of sp³-hybridized carbons (Fsp3) is 0.467. The van der Waals surface area contributed by atoms with Crippen molar-refractivity contribution in [1.29, 1.82) is 5.26 Å². The number of nitrogens with two attached hydrogens (primary N) is 1. The molecule has 0 aromatic carbocycles. The zero-order chi connectivity index (χ0) is 15.6. The van der Waals surface area contributed by atoms with E-state index in [2.05, 4.69) is 11.1 Å². The SMILES string of the molecule is CC(C)(C#N)CC(=O)N1CCCc2ccc(C(N)=O)nc21. The molecule has 2 N–H and O–H groups in total. The number of aromatic nitrogens is 1. The van der Waals surface area contributed by atoms with Crippen LogP contribution in [0.2, 0.25) is 0 Å². The molecule has 0 saturated carbocycles. The number of aryl methyl sites for hydroxylation is 1. The first kappa shape index (κ1) is 15.0. The van der Waals surface area contributed by atoms with E-state index in [-0.39, 0.29) is 18.0 Å². The summed E-state index contributed by atoms with van der Waals surface area (Å²) in [4.78, 5) is 29.5. The third kappa shape index (κ3) is 3.19. The Morgan fingerprint density at radius 2 is 2.19 bits per heavy atom. The first-order valence-electron chi connectivity index (χ1n) is 6.85. The quantitative estimate of drug-likeness (QED) is 0.907. The Kier molecular flexibility index (Phi) is 3.94. The Morgan fingerprint density at radius 1 is 1.48 bits per heavy atom. The van der Waals surface area contributed by atoms with E-state index in [4.69, 9.17) is 11.0 Å². The molecule has 110 valence electrons. The summed E-state index contributed by atoms with van der Waals surface area (Å²) < 4.78 is 0. The average molecular weight is 286 g/mol. The lowest BCUT2D eigenvalue weighted by molar-refractivity contribution is -0.120. The van der Waals surface area contributed by atoms with Gasteiger partial charge in [0.25, 0.3) is 5.91 Å². The highest BCUT2D eigenvalue weighted by molar-refractivity contribution is 5.96. The fourth-order valence-corrected chi connectivity index (χ4v) is 2.33. The summed E-state index contributed by atoms with van der Waals surface area (Å²) in [6, 6.07) is 5.49. The van der Waals surface area contributed by atoms with Crippen molar-refractivity contribution in [3.63, 3.8) is 0 Å². The van der Waals surface area contributed by atoms with Crippen LogP contribution in [-0.2, 0) is 11.2 Å². The second-order valence-electron chi connectivity index (χ2n) is 5.86. The van der Waals surface area contributed by atoms with Crippen molar-refractivity contribution in [3.05, 3.63) is 23.4 Å². The van der Waals surface area contributed by atoms with E-state index < -0.39 is 11.3 Å². The predicted octanol–water partition coefficient (Wildman–Crippen LogP) is 1.40. The minimum Gasteiger partial charge on any atom is -0.364 e. The summed E-state index contributed by atoms with van der Waals surface area (Å²) in [5.74, 6) is -0.277. The molecule has 6 nitrogen and oxygen atoms in total. The van der Waals surface area contributed by atoms with Crippen molar-refractivity contribution < 1.29 is 9.59 Å². The predicted molar refractivity (Wildman–Crippen MR) is 77.4 cm³/mol. The highest BCUT2D eigenvalue weighted by atomic mass is 16.2. The molecule has 0 fully saturated rings. The molecule has 0 bridgehead atoms. The first-order valence-corrected chi connectivity index (χ1v) is 6.85. The van der Waals surface area contributed by atoms with Crippen molar-refractivity contribution in [1.82, 2.24) is 4.98 Å². The molecule has 2 rings (SSSR count). The normalized spacial score (nSPS) is 14.2. The highest BCUT2D eigenvalue weighted by Crippen LogP contribution is 2.28. The molecular formula is C15H18N4O2. The van der Waals surface area contributed by atoms with E-state index in [0.29, 0.717) is 12.4 Å². The highest BCUT2D eigenvalue weighted by Gasteiger charge is 2.29. The standard InChI is InChI=1S/C15H18N4O2/c1-15(2,9-16)8-12(20)19-7-3-4-10-5-6-11(13(17)21)18-14(10)19/h5-6H,3-4,7-8H2,1-2H3,(H2,17,21). The van der Waals surface area contributed by atoms with Gasteiger partial charge in [0, 0.05) is 13.0 Å². The van der Waals surface area contributed by atoms with Crippen molar-refractivity contribution in [2.24, 2.45) is 11.1 Å². The fourth-order valence-electron chi connectivity index (χ4n) is 2.33. The van der Waals surface area contributed by atoms with Crippen LogP contribution in [0, 0.1) is 16.7 Å². The van der Waals surface area contributed by atoms with Crippen LogP contribution >= 0.6 is 0 Å². The van der Waals surface area contributed by atoms with Gasteiger partial charge in [0.1, 0.15) is 11.5 Å². The van der Waals surface area contributed by atoms with E-state index in [1.54, 1.807) is 30.9 Å². The molecule has 6 heteroatoms. The lowest BCUT2D eigenvalue weighted by Crippen LogP contribution is -2.38. The van der Waals surface area contributed by atoms with Gasteiger partial charge in [-0.25, -0.2) is 4.98 Å². The monoisotopic (exact) mass is 286 g/mol. The van der Waals surface area contributed by atoms with E-state index >= 15 is 0 Å². The van der Waals surface area contributed by atoms with Gasteiger partial charge in [0.05, 0.1) is 11.5 Å². The molecule has 1 aromatic heterocycles. The Balaban J connectivity index is 2.33. The first-order chi connectivity index (χ1) is 9.84. The van der Waals surface area contributed by atoms with Crippen LogP contribution in [0.1, 0.15) is 42.7 Å². The van der Waals surface area contributed by atoms with Crippen LogP contribution in [0.25, 0.3) is 0 Å². The third-order valence-electron chi connectivity index (χ3n) is 3.49. The van der Waals surface area contributed by atoms with E-state index in [1.807, 2.05) is 0 Å². The number of carbonyl (C=O) groups excluding carboxylic acids is 2. The summed E-state index contributed by atoms with van der Waals surface area (Å²) in [7, 11) is 0. The summed E-state index contributed by atoms with van der Waals surface area (Å²) in [5, 5.41) is 9.06. The van der Waals surface area contributed by atoms with Crippen molar-refractivity contribution >= 4 is 17.6 Å². The number of fused-ring (bicyclic) bond motifs is 1. The minimum atomic E-state index is -0.726. The van der Waals surface area contributed by atoms with Crippen molar-refractivity contribution in [3.8, 4) is 6.07 Å². The summed E-state index contributed by atoms with van der Waals surface area (Å²) in [6.45, 7) is 3.99. The zero-order valence-corrected chi connectivity index (χ0v) is 12.2. The second-order valence-corrected chi connectivity index (χ2v) is 5.86. The van der Waals surface area contributed by atoms with Gasteiger partial charge >= 0.3 is 0 Å². The average Bonchev–Trinajstić information content (AvgIpc) is 2.45. The van der Waals surface area contributed by atoms with Gasteiger partial charge < -0.3 is 5.73 Å². The number of pyridine rings is 1. The lowest BCUT2D eigenvalue weighted by Gasteiger charge is -2.30. The van der Waals surface area contributed by atoms with Crippen molar-refractivity contribution in [2.75, 3.05) is 11.4 Å². The lowest BCUT2D eigenvalue weighted by atomic mass is 9.90. The molecule has 1 aliphatic heterocycles. The summed E-state index contributed by atoms with van der Waals surface area (Å²) in [5.41, 5.74) is 5.59. The number of amides is 2. The Morgan fingerprint density at radius 3 is 2.81 bits per heavy atom. The molecule has 21 heavy (non-hydrogen) atoms. The van der Waals surface area contributed by atoms with Crippen LogP contribution in [-0.4, -0.2) is 23.3 Å². The van der Waals surface area contributed by atoms with Crippen LogP contribution in [0.4, 0.5) is 5.82 Å². The van der Waals surface area contributed by atoms with Crippen LogP contribution in [0.5, 0.6) is 0 Å². The van der Waals surface area contributed by atoms with Gasteiger partial charge in [-0.15, -0.1) is 0 Å². The molecule has 2 heterocycles. The van der Waals surface area contributed by atoms with Crippen LogP contribution < -0.4 is 10.6 Å². The number of primary amides is 1. The van der Waals surface area contributed by atoms with Gasteiger partial charge in [-0.05, 0) is 38.3 Å². The summed E-state index contributed by atoms with van der Waals surface area (Å²) >= 11 is 0. The maximum Gasteiger partial charge on any atom is 0.267 e. The third-order valence-corrected chi connectivity index (χ3v) is 3.49. The van der Waals surface area contributed by atoms with E-state index in [9.17, 15) is 9.59 Å². The summed E-state index contributed by atoms with van der Waals surface area (Å²) in [6.07, 6.45) is 1.77. The van der Waals surface area contributed by atoms with Crippen molar-refractivity contribution in [2.45, 2.75) is 33.1 Å². The maximum absolute atomic E-state index is 12.4. The number of carbonyl (C=O) groups is 2. The molecule has 0 unspecified atom stereocenters. The van der Waals surface area contributed by atoms with E-state index in [1.165, 1.54) is 0 Å². The van der Waals surface area contributed by atoms with Gasteiger partial charge in [-0.3, -0.25) is 14.5 Å². The molecule has 2 amide bonds. The number of nitrogens with zero attached hydrogens (tertiary/aromatic N) is 3. The van der Waals surface area contributed by atoms with Crippen LogP contribution in [0.3, 0.4) is 0 Å². The molecular weight excluding hydrogens is 268 g/mol. The molecule has 0 aliphatic carbocycles. The van der Waals surface area contributed by atoms with Crippen LogP contribution in [0.15, 0.2) is 12.1 Å². The largest absolute Gasteiger partial charge is 0.364 e. The Labute approximate surface area is 123 Å². The molecule has 0 atom stereocenters. The smallest absolute Gasteiger partial charge is 0.267 e. The number of nitriles is 1. The topological polar surface area (TPSA) is 100 Å². The molecule has 1 aliphatic rings. The Hall–Kier alpha value is -2.42.